The van der Waals surface area contributed by atoms with Crippen LogP contribution in [0.3, 0.4) is 0 Å². The van der Waals surface area contributed by atoms with Crippen molar-refractivity contribution in [3.8, 4) is 16.6 Å². The van der Waals surface area contributed by atoms with Crippen molar-refractivity contribution in [2.45, 2.75) is 36.0 Å². The lowest BCUT2D eigenvalue weighted by atomic mass is 9.88. The number of fused-ring (bicyclic) bond motifs is 1. The average molecular weight is 407 g/mol. The Hall–Kier alpha value is -2.62. The molecule has 0 unspecified atom stereocenters. The van der Waals surface area contributed by atoms with Gasteiger partial charge in [-0.05, 0) is 53.8 Å². The Labute approximate surface area is 171 Å². The van der Waals surface area contributed by atoms with E-state index in [9.17, 15) is 15.2 Å². The standard InChI is InChI=1S/C22H18N2O2S2/c23-13-17-15-9-4-5-10-16(15)19(18-11-6-12-27-18)24-21(17)28-20(22(25)26)14-7-2-1-3-8-14/h1-3,6-8,11-12,20H,4-5,9-10H2,(H,25,26)/t20-/m0/s1. The molecule has 1 aliphatic carbocycles. The smallest absolute Gasteiger partial charge is 0.321 e. The van der Waals surface area contributed by atoms with Crippen molar-refractivity contribution >= 4 is 29.1 Å². The number of nitrogens with zero attached hydrogens (tertiary/aromatic N) is 2. The van der Waals surface area contributed by atoms with Gasteiger partial charge >= 0.3 is 5.97 Å². The Morgan fingerprint density at radius 1 is 1.14 bits per heavy atom. The maximum absolute atomic E-state index is 12.0. The first-order valence-electron chi connectivity index (χ1n) is 9.13. The van der Waals surface area contributed by atoms with Gasteiger partial charge in [0.15, 0.2) is 0 Å². The van der Waals surface area contributed by atoms with Gasteiger partial charge in [0, 0.05) is 0 Å². The second kappa shape index (κ2) is 8.17. The van der Waals surface area contributed by atoms with Gasteiger partial charge in [0.25, 0.3) is 0 Å². The third-order valence-electron chi connectivity index (χ3n) is 4.91. The highest BCUT2D eigenvalue weighted by Crippen LogP contribution is 2.42. The van der Waals surface area contributed by atoms with Crippen molar-refractivity contribution < 1.29 is 9.90 Å². The van der Waals surface area contributed by atoms with Gasteiger partial charge in [-0.1, -0.05) is 48.2 Å². The Bertz CT molecular complexity index is 1040. The molecule has 28 heavy (non-hydrogen) atoms. The van der Waals surface area contributed by atoms with Gasteiger partial charge in [-0.15, -0.1) is 11.3 Å². The summed E-state index contributed by atoms with van der Waals surface area (Å²) < 4.78 is 0. The molecule has 0 aliphatic heterocycles. The Morgan fingerprint density at radius 3 is 2.54 bits per heavy atom. The molecule has 2 heterocycles. The number of hydrogen-bond donors (Lipinski definition) is 1. The van der Waals surface area contributed by atoms with Gasteiger partial charge in [0.1, 0.15) is 16.3 Å². The summed E-state index contributed by atoms with van der Waals surface area (Å²) in [5, 5.41) is 21.4. The predicted molar refractivity (Wildman–Crippen MR) is 112 cm³/mol. The average Bonchev–Trinajstić information content (AvgIpc) is 3.26. The largest absolute Gasteiger partial charge is 0.480 e. The SMILES string of the molecule is N#Cc1c(S[C@H](C(=O)O)c2ccccc2)nc(-c2cccs2)c2c1CCCC2. The van der Waals surface area contributed by atoms with Crippen LogP contribution >= 0.6 is 23.1 Å². The van der Waals surface area contributed by atoms with Crippen LogP contribution in [-0.2, 0) is 17.6 Å². The topological polar surface area (TPSA) is 74.0 Å². The van der Waals surface area contributed by atoms with Gasteiger partial charge < -0.3 is 5.11 Å². The van der Waals surface area contributed by atoms with E-state index in [1.165, 1.54) is 0 Å². The molecule has 0 spiro atoms. The lowest BCUT2D eigenvalue weighted by Gasteiger charge is -2.22. The van der Waals surface area contributed by atoms with Gasteiger partial charge in [0.05, 0.1) is 16.1 Å². The van der Waals surface area contributed by atoms with Crippen LogP contribution in [-0.4, -0.2) is 16.1 Å². The van der Waals surface area contributed by atoms with Crippen molar-refractivity contribution in [3.63, 3.8) is 0 Å². The van der Waals surface area contributed by atoms with Crippen LogP contribution in [0.15, 0.2) is 52.9 Å². The van der Waals surface area contributed by atoms with Crippen LogP contribution in [0, 0.1) is 11.3 Å². The fourth-order valence-corrected chi connectivity index (χ4v) is 5.40. The molecule has 1 aromatic carbocycles. The maximum Gasteiger partial charge on any atom is 0.321 e. The van der Waals surface area contributed by atoms with Crippen molar-refractivity contribution in [3.05, 3.63) is 70.1 Å². The van der Waals surface area contributed by atoms with Crippen molar-refractivity contribution in [1.29, 1.82) is 5.26 Å². The summed E-state index contributed by atoms with van der Waals surface area (Å²) in [5.74, 6) is -0.933. The van der Waals surface area contributed by atoms with Crippen molar-refractivity contribution in [2.24, 2.45) is 0 Å². The Kier molecular flexibility index (Phi) is 5.47. The first-order chi connectivity index (χ1) is 13.7. The number of aliphatic carboxylic acids is 1. The fraction of sp³-hybridized carbons (Fsp3) is 0.227. The second-order valence-electron chi connectivity index (χ2n) is 6.64. The molecular formula is C22H18N2O2S2. The lowest BCUT2D eigenvalue weighted by Crippen LogP contribution is -2.13. The minimum absolute atomic E-state index is 0.516. The molecule has 0 bridgehead atoms. The fourth-order valence-electron chi connectivity index (χ4n) is 3.61. The molecule has 3 aromatic rings. The highest BCUT2D eigenvalue weighted by Gasteiger charge is 2.28. The summed E-state index contributed by atoms with van der Waals surface area (Å²) in [7, 11) is 0. The van der Waals surface area contributed by atoms with E-state index in [4.69, 9.17) is 4.98 Å². The van der Waals surface area contributed by atoms with E-state index in [0.29, 0.717) is 16.2 Å². The van der Waals surface area contributed by atoms with E-state index in [0.717, 1.165) is 59.1 Å². The van der Waals surface area contributed by atoms with Crippen LogP contribution in [0.1, 0.15) is 40.3 Å². The van der Waals surface area contributed by atoms with E-state index in [2.05, 4.69) is 6.07 Å². The minimum atomic E-state index is -0.933. The number of benzene rings is 1. The number of rotatable bonds is 5. The third kappa shape index (κ3) is 3.56. The highest BCUT2D eigenvalue weighted by atomic mass is 32.2. The van der Waals surface area contributed by atoms with Crippen LogP contribution in [0.4, 0.5) is 0 Å². The molecule has 6 heteroatoms. The summed E-state index contributed by atoms with van der Waals surface area (Å²) in [6.07, 6.45) is 3.89. The van der Waals surface area contributed by atoms with Crippen LogP contribution in [0.2, 0.25) is 0 Å². The molecule has 140 valence electrons. The number of carboxylic acids is 1. The van der Waals surface area contributed by atoms with Gasteiger partial charge in [0.2, 0.25) is 0 Å². The summed E-state index contributed by atoms with van der Waals surface area (Å²) in [5.41, 5.74) is 4.35. The molecular weight excluding hydrogens is 388 g/mol. The van der Waals surface area contributed by atoms with Crippen LogP contribution in [0.5, 0.6) is 0 Å². The van der Waals surface area contributed by atoms with E-state index in [1.54, 1.807) is 23.5 Å². The zero-order valence-electron chi connectivity index (χ0n) is 15.1. The van der Waals surface area contributed by atoms with E-state index < -0.39 is 11.2 Å². The number of carbonyl (C=O) groups is 1. The summed E-state index contributed by atoms with van der Waals surface area (Å²) >= 11 is 2.78. The molecule has 4 rings (SSSR count). The molecule has 0 radical (unpaired) electrons. The molecule has 1 N–H and O–H groups in total. The quantitative estimate of drug-likeness (QED) is 0.568. The summed E-state index contributed by atoms with van der Waals surface area (Å²) in [4.78, 5) is 17.9. The number of pyridine rings is 1. The van der Waals surface area contributed by atoms with E-state index >= 15 is 0 Å². The minimum Gasteiger partial charge on any atom is -0.480 e. The third-order valence-corrected chi connectivity index (χ3v) is 7.01. The van der Waals surface area contributed by atoms with E-state index in [1.807, 2.05) is 35.7 Å². The maximum atomic E-state index is 12.0. The van der Waals surface area contributed by atoms with Gasteiger partial charge in [-0.25, -0.2) is 4.98 Å². The predicted octanol–water partition coefficient (Wildman–Crippen LogP) is 5.48. The zero-order valence-corrected chi connectivity index (χ0v) is 16.7. The molecule has 0 amide bonds. The Morgan fingerprint density at radius 2 is 1.89 bits per heavy atom. The van der Waals surface area contributed by atoms with Gasteiger partial charge in [-0.3, -0.25) is 4.79 Å². The van der Waals surface area contributed by atoms with Crippen molar-refractivity contribution in [2.75, 3.05) is 0 Å². The van der Waals surface area contributed by atoms with Crippen LogP contribution in [0.25, 0.3) is 10.6 Å². The first-order valence-corrected chi connectivity index (χ1v) is 10.9. The number of aromatic nitrogens is 1. The molecule has 0 fully saturated rings. The molecule has 0 saturated carbocycles. The highest BCUT2D eigenvalue weighted by molar-refractivity contribution is 8.00. The lowest BCUT2D eigenvalue weighted by molar-refractivity contribution is -0.136. The van der Waals surface area contributed by atoms with E-state index in [-0.39, 0.29) is 0 Å². The normalized spacial score (nSPS) is 14.1. The van der Waals surface area contributed by atoms with Crippen molar-refractivity contribution in [1.82, 2.24) is 4.98 Å². The zero-order chi connectivity index (χ0) is 19.5. The van der Waals surface area contributed by atoms with Crippen LogP contribution < -0.4 is 0 Å². The number of thiophene rings is 1. The molecule has 2 aromatic heterocycles. The number of carboxylic acid groups (broad SMARTS) is 1. The number of thioether (sulfide) groups is 1. The molecule has 1 aliphatic rings. The summed E-state index contributed by atoms with van der Waals surface area (Å²) in [6.45, 7) is 0. The molecule has 0 saturated heterocycles. The second-order valence-corrected chi connectivity index (χ2v) is 8.68. The number of nitriles is 1. The summed E-state index contributed by atoms with van der Waals surface area (Å²) in [6, 6.07) is 15.5. The molecule has 1 atom stereocenters. The number of hydrogen-bond acceptors (Lipinski definition) is 5. The Balaban J connectivity index is 1.85. The molecule has 4 nitrogen and oxygen atoms in total. The first kappa shape index (κ1) is 18.7. The van der Waals surface area contributed by atoms with Gasteiger partial charge in [-0.2, -0.15) is 5.26 Å². The monoisotopic (exact) mass is 406 g/mol.